The summed E-state index contributed by atoms with van der Waals surface area (Å²) in [5.74, 6) is 0.275. The molecule has 0 saturated heterocycles. The van der Waals surface area contributed by atoms with E-state index < -0.39 is 10.8 Å². The number of hydrogen-bond donors (Lipinski definition) is 2. The van der Waals surface area contributed by atoms with Crippen molar-refractivity contribution in [2.24, 2.45) is 0 Å². The highest BCUT2D eigenvalue weighted by atomic mass is 32.1. The Labute approximate surface area is 168 Å². The Morgan fingerprint density at radius 3 is 2.79 bits per heavy atom. The molecule has 0 saturated carbocycles. The Morgan fingerprint density at radius 1 is 1.25 bits per heavy atom. The van der Waals surface area contributed by atoms with Crippen molar-refractivity contribution in [2.75, 3.05) is 11.9 Å². The first-order valence-electron chi connectivity index (χ1n) is 8.75. The van der Waals surface area contributed by atoms with Crippen LogP contribution in [0.4, 0.5) is 11.4 Å². The minimum Gasteiger partial charge on any atom is -0.494 e. The molecule has 2 rings (SSSR count). The van der Waals surface area contributed by atoms with E-state index in [1.165, 1.54) is 24.3 Å². The summed E-state index contributed by atoms with van der Waals surface area (Å²) in [6.45, 7) is 2.74. The lowest BCUT2D eigenvalue weighted by atomic mass is 10.2. The lowest BCUT2D eigenvalue weighted by Gasteiger charge is -2.10. The number of nitro benzene ring substituents is 1. The van der Waals surface area contributed by atoms with Gasteiger partial charge in [0, 0.05) is 30.0 Å². The van der Waals surface area contributed by atoms with Gasteiger partial charge in [0.25, 0.3) is 5.69 Å². The van der Waals surface area contributed by atoms with E-state index in [4.69, 9.17) is 17.0 Å². The Bertz CT molecular complexity index is 883. The topological polar surface area (TPSA) is 93.5 Å². The summed E-state index contributed by atoms with van der Waals surface area (Å²) in [6, 6.07) is 13.3. The Morgan fingerprint density at radius 2 is 2.04 bits per heavy atom. The zero-order valence-corrected chi connectivity index (χ0v) is 16.2. The molecule has 0 radical (unpaired) electrons. The van der Waals surface area contributed by atoms with E-state index in [0.29, 0.717) is 17.9 Å². The minimum absolute atomic E-state index is 0.0409. The van der Waals surface area contributed by atoms with E-state index in [-0.39, 0.29) is 10.8 Å². The molecule has 2 aromatic rings. The maximum Gasteiger partial charge on any atom is 0.270 e. The average Bonchev–Trinajstić information content (AvgIpc) is 2.67. The van der Waals surface area contributed by atoms with Crippen LogP contribution in [0.5, 0.6) is 5.75 Å². The number of non-ortho nitro benzene ring substituents is 1. The smallest absolute Gasteiger partial charge is 0.270 e. The van der Waals surface area contributed by atoms with Gasteiger partial charge in [-0.15, -0.1) is 0 Å². The maximum atomic E-state index is 12.0. The number of nitrogens with zero attached hydrogens (tertiary/aromatic N) is 1. The Kier molecular flexibility index (Phi) is 8.11. The van der Waals surface area contributed by atoms with Gasteiger partial charge >= 0.3 is 0 Å². The summed E-state index contributed by atoms with van der Waals surface area (Å²) in [6.07, 6.45) is 4.77. The summed E-state index contributed by atoms with van der Waals surface area (Å²) < 4.78 is 5.63. The van der Waals surface area contributed by atoms with Crippen molar-refractivity contribution in [3.63, 3.8) is 0 Å². The molecule has 0 spiro atoms. The highest BCUT2D eigenvalue weighted by molar-refractivity contribution is 7.80. The van der Waals surface area contributed by atoms with Crippen LogP contribution in [0.3, 0.4) is 0 Å². The lowest BCUT2D eigenvalue weighted by Crippen LogP contribution is -2.32. The number of nitro groups is 1. The van der Waals surface area contributed by atoms with E-state index in [1.807, 2.05) is 18.2 Å². The second-order valence-corrected chi connectivity index (χ2v) is 6.27. The molecule has 7 nitrogen and oxygen atoms in total. The SMILES string of the molecule is CCCCOc1cccc(NC(=S)NC(=O)/C=C/c2cccc([N+](=O)[O-])c2)c1. The van der Waals surface area contributed by atoms with Crippen LogP contribution >= 0.6 is 12.2 Å². The molecular formula is C20H21N3O4S. The van der Waals surface area contributed by atoms with E-state index >= 15 is 0 Å². The van der Waals surface area contributed by atoms with Gasteiger partial charge in [-0.3, -0.25) is 20.2 Å². The van der Waals surface area contributed by atoms with Gasteiger partial charge in [-0.05, 0) is 42.4 Å². The number of ether oxygens (including phenoxy) is 1. The molecule has 1 amide bonds. The van der Waals surface area contributed by atoms with Gasteiger partial charge in [-0.2, -0.15) is 0 Å². The third-order valence-electron chi connectivity index (χ3n) is 3.60. The molecule has 2 aromatic carbocycles. The van der Waals surface area contributed by atoms with Crippen molar-refractivity contribution >= 4 is 40.7 Å². The van der Waals surface area contributed by atoms with Gasteiger partial charge in [-0.25, -0.2) is 0 Å². The van der Waals surface area contributed by atoms with Crippen molar-refractivity contribution in [3.8, 4) is 5.75 Å². The third-order valence-corrected chi connectivity index (χ3v) is 3.81. The summed E-state index contributed by atoms with van der Waals surface area (Å²) in [7, 11) is 0. The molecule has 0 unspecified atom stereocenters. The lowest BCUT2D eigenvalue weighted by molar-refractivity contribution is -0.384. The van der Waals surface area contributed by atoms with Crippen molar-refractivity contribution in [3.05, 3.63) is 70.3 Å². The standard InChI is InChI=1S/C20H21N3O4S/c1-2-3-12-27-18-9-5-7-16(14-18)21-20(28)22-19(24)11-10-15-6-4-8-17(13-15)23(25)26/h4-11,13-14H,2-3,12H2,1H3,(H2,21,22,24,28)/b11-10+. The van der Waals surface area contributed by atoms with Crippen LogP contribution < -0.4 is 15.4 Å². The van der Waals surface area contributed by atoms with Crippen LogP contribution in [-0.4, -0.2) is 22.5 Å². The molecule has 0 fully saturated rings. The molecule has 0 atom stereocenters. The monoisotopic (exact) mass is 399 g/mol. The van der Waals surface area contributed by atoms with Gasteiger partial charge in [-0.1, -0.05) is 31.5 Å². The normalized spacial score (nSPS) is 10.5. The maximum absolute atomic E-state index is 12.0. The second-order valence-electron chi connectivity index (χ2n) is 5.86. The highest BCUT2D eigenvalue weighted by Gasteiger charge is 2.05. The number of rotatable bonds is 8. The quantitative estimate of drug-likeness (QED) is 0.226. The van der Waals surface area contributed by atoms with Crippen LogP contribution in [-0.2, 0) is 4.79 Å². The van der Waals surface area contributed by atoms with Crippen LogP contribution in [0.15, 0.2) is 54.6 Å². The number of anilines is 1. The van der Waals surface area contributed by atoms with E-state index in [9.17, 15) is 14.9 Å². The number of thiocarbonyl (C=S) groups is 1. The van der Waals surface area contributed by atoms with Crippen molar-refractivity contribution < 1.29 is 14.5 Å². The van der Waals surface area contributed by atoms with Gasteiger partial charge < -0.3 is 10.1 Å². The first kappa shape index (κ1) is 21.0. The Hall–Kier alpha value is -3.26. The molecule has 0 aliphatic rings. The summed E-state index contributed by atoms with van der Waals surface area (Å²) >= 11 is 5.14. The number of nitrogens with one attached hydrogen (secondary N) is 2. The molecule has 146 valence electrons. The fourth-order valence-electron chi connectivity index (χ4n) is 2.23. The predicted octanol–water partition coefficient (Wildman–Crippen LogP) is 4.30. The van der Waals surface area contributed by atoms with E-state index in [1.54, 1.807) is 18.2 Å². The van der Waals surface area contributed by atoms with Crippen LogP contribution in [0.1, 0.15) is 25.3 Å². The number of amides is 1. The molecule has 28 heavy (non-hydrogen) atoms. The van der Waals surface area contributed by atoms with E-state index in [0.717, 1.165) is 18.6 Å². The van der Waals surface area contributed by atoms with Crippen molar-refractivity contribution in [1.29, 1.82) is 0 Å². The number of carbonyl (C=O) groups is 1. The van der Waals surface area contributed by atoms with Gasteiger partial charge in [0.2, 0.25) is 5.91 Å². The fourth-order valence-corrected chi connectivity index (χ4v) is 2.45. The molecular weight excluding hydrogens is 378 g/mol. The average molecular weight is 399 g/mol. The molecule has 0 bridgehead atoms. The first-order chi connectivity index (χ1) is 13.5. The first-order valence-corrected chi connectivity index (χ1v) is 9.16. The minimum atomic E-state index is -0.490. The van der Waals surface area contributed by atoms with Crippen LogP contribution in [0.2, 0.25) is 0 Å². The molecule has 0 aromatic heterocycles. The zero-order valence-electron chi connectivity index (χ0n) is 15.4. The second kappa shape index (κ2) is 10.8. The van der Waals surface area contributed by atoms with Crippen molar-refractivity contribution in [2.45, 2.75) is 19.8 Å². The van der Waals surface area contributed by atoms with Gasteiger partial charge in [0.05, 0.1) is 11.5 Å². The molecule has 2 N–H and O–H groups in total. The summed E-state index contributed by atoms with van der Waals surface area (Å²) in [5.41, 5.74) is 1.20. The summed E-state index contributed by atoms with van der Waals surface area (Å²) in [4.78, 5) is 22.3. The van der Waals surface area contributed by atoms with Crippen LogP contribution in [0.25, 0.3) is 6.08 Å². The molecule has 0 aliphatic heterocycles. The number of unbranched alkanes of at least 4 members (excludes halogenated alkanes) is 1. The van der Waals surface area contributed by atoms with E-state index in [2.05, 4.69) is 17.6 Å². The number of hydrogen-bond acceptors (Lipinski definition) is 5. The number of benzene rings is 2. The largest absolute Gasteiger partial charge is 0.494 e. The van der Waals surface area contributed by atoms with Crippen LogP contribution in [0, 0.1) is 10.1 Å². The molecule has 0 heterocycles. The summed E-state index contributed by atoms with van der Waals surface area (Å²) in [5, 5.41) is 16.4. The number of carbonyl (C=O) groups excluding carboxylic acids is 1. The third kappa shape index (κ3) is 7.16. The molecule has 0 aliphatic carbocycles. The zero-order chi connectivity index (χ0) is 20.4. The fraction of sp³-hybridized carbons (Fsp3) is 0.200. The molecule has 8 heteroatoms. The van der Waals surface area contributed by atoms with Crippen molar-refractivity contribution in [1.82, 2.24) is 5.32 Å². The van der Waals surface area contributed by atoms with Gasteiger partial charge in [0.15, 0.2) is 5.11 Å². The predicted molar refractivity (Wildman–Crippen MR) is 113 cm³/mol. The van der Waals surface area contributed by atoms with Gasteiger partial charge in [0.1, 0.15) is 5.75 Å². The Balaban J connectivity index is 1.89. The highest BCUT2D eigenvalue weighted by Crippen LogP contribution is 2.18.